The lowest BCUT2D eigenvalue weighted by Crippen LogP contribution is -1.96. The van der Waals surface area contributed by atoms with E-state index in [-0.39, 0.29) is 12.6 Å². The van der Waals surface area contributed by atoms with Gasteiger partial charge in [0.15, 0.2) is 0 Å². The van der Waals surface area contributed by atoms with Gasteiger partial charge in [-0.1, -0.05) is 90.4 Å². The molecule has 0 aliphatic heterocycles. The molecule has 0 rings (SSSR count). The van der Waals surface area contributed by atoms with Crippen LogP contribution in [0.4, 0.5) is 0 Å². The maximum atomic E-state index is 9.44. The third kappa shape index (κ3) is 19.3. The summed E-state index contributed by atoms with van der Waals surface area (Å²) in [4.78, 5) is 0. The number of allylic oxidation sites excluding steroid dienone is 1. The van der Waals surface area contributed by atoms with Crippen molar-refractivity contribution in [1.82, 2.24) is 0 Å². The van der Waals surface area contributed by atoms with E-state index in [0.29, 0.717) is 13.0 Å². The molecule has 0 aliphatic carbocycles. The van der Waals surface area contributed by atoms with E-state index in [1.807, 2.05) is 0 Å². The third-order valence-electron chi connectivity index (χ3n) is 4.43. The molecule has 0 amide bonds. The molecular formula is C21H42O3. The number of hydrogen-bond donors (Lipinski definition) is 2. The SMILES string of the molecule is CCCCCCCCCCCCCCCCC=C(O)OCCCO. The average Bonchev–Trinajstić information content (AvgIpc) is 2.58. The number of aliphatic hydroxyl groups excluding tert-OH is 2. The molecule has 0 bridgehead atoms. The molecule has 144 valence electrons. The number of hydrogen-bond acceptors (Lipinski definition) is 3. The van der Waals surface area contributed by atoms with E-state index >= 15 is 0 Å². The largest absolute Gasteiger partial charge is 0.481 e. The number of aliphatic hydroxyl groups is 2. The summed E-state index contributed by atoms with van der Waals surface area (Å²) in [6.07, 6.45) is 22.3. The van der Waals surface area contributed by atoms with Crippen LogP contribution in [0.2, 0.25) is 0 Å². The van der Waals surface area contributed by atoms with E-state index in [1.54, 1.807) is 6.08 Å². The smallest absolute Gasteiger partial charge is 0.272 e. The normalized spacial score (nSPS) is 11.8. The van der Waals surface area contributed by atoms with Crippen molar-refractivity contribution in [3.05, 3.63) is 12.0 Å². The van der Waals surface area contributed by atoms with Crippen molar-refractivity contribution in [2.24, 2.45) is 0 Å². The van der Waals surface area contributed by atoms with Gasteiger partial charge in [0.05, 0.1) is 6.61 Å². The molecule has 0 unspecified atom stereocenters. The second kappa shape index (κ2) is 20.3. The van der Waals surface area contributed by atoms with Gasteiger partial charge in [-0.15, -0.1) is 0 Å². The predicted octanol–water partition coefficient (Wildman–Crippen LogP) is 6.66. The summed E-state index contributed by atoms with van der Waals surface area (Å²) < 4.78 is 5.06. The molecule has 0 aromatic rings. The molecule has 0 heterocycles. The Bertz CT molecular complexity index is 264. The van der Waals surface area contributed by atoms with Gasteiger partial charge >= 0.3 is 0 Å². The zero-order chi connectivity index (χ0) is 17.7. The minimum atomic E-state index is 0.0122. The van der Waals surface area contributed by atoms with Crippen LogP contribution in [0.3, 0.4) is 0 Å². The van der Waals surface area contributed by atoms with Crippen LogP contribution in [0.5, 0.6) is 0 Å². The van der Waals surface area contributed by atoms with E-state index in [9.17, 15) is 5.11 Å². The molecule has 0 aromatic carbocycles. The Kier molecular flexibility index (Phi) is 19.8. The van der Waals surface area contributed by atoms with Crippen LogP contribution in [-0.4, -0.2) is 23.4 Å². The second-order valence-corrected chi connectivity index (χ2v) is 6.85. The quantitative estimate of drug-likeness (QED) is 0.204. The molecule has 2 N–H and O–H groups in total. The van der Waals surface area contributed by atoms with Crippen LogP contribution in [0.15, 0.2) is 12.0 Å². The van der Waals surface area contributed by atoms with Crippen molar-refractivity contribution >= 4 is 0 Å². The number of rotatable bonds is 19. The highest BCUT2D eigenvalue weighted by Gasteiger charge is 1.95. The summed E-state index contributed by atoms with van der Waals surface area (Å²) in [5.41, 5.74) is 0. The van der Waals surface area contributed by atoms with Crippen LogP contribution in [0.1, 0.15) is 110 Å². The van der Waals surface area contributed by atoms with E-state index in [4.69, 9.17) is 9.84 Å². The first-order valence-electron chi connectivity index (χ1n) is 10.4. The molecule has 0 radical (unpaired) electrons. The van der Waals surface area contributed by atoms with Crippen LogP contribution >= 0.6 is 0 Å². The van der Waals surface area contributed by atoms with E-state index in [0.717, 1.165) is 12.8 Å². The summed E-state index contributed by atoms with van der Waals surface area (Å²) in [7, 11) is 0. The van der Waals surface area contributed by atoms with Crippen molar-refractivity contribution in [2.75, 3.05) is 13.2 Å². The summed E-state index contributed by atoms with van der Waals surface area (Å²) in [5, 5.41) is 18.1. The lowest BCUT2D eigenvalue weighted by molar-refractivity contribution is 0.0816. The van der Waals surface area contributed by atoms with Crippen molar-refractivity contribution < 1.29 is 14.9 Å². The molecule has 0 fully saturated rings. The lowest BCUT2D eigenvalue weighted by atomic mass is 10.0. The Morgan fingerprint density at radius 2 is 1.17 bits per heavy atom. The summed E-state index contributed by atoms with van der Waals surface area (Å²) >= 11 is 0. The Morgan fingerprint density at radius 1 is 0.708 bits per heavy atom. The zero-order valence-electron chi connectivity index (χ0n) is 16.1. The maximum Gasteiger partial charge on any atom is 0.272 e. The molecule has 0 saturated carbocycles. The topological polar surface area (TPSA) is 49.7 Å². The Hall–Kier alpha value is -0.700. The Labute approximate surface area is 150 Å². The van der Waals surface area contributed by atoms with Crippen LogP contribution < -0.4 is 0 Å². The van der Waals surface area contributed by atoms with Crippen molar-refractivity contribution in [3.8, 4) is 0 Å². The van der Waals surface area contributed by atoms with E-state index in [2.05, 4.69) is 6.92 Å². The summed E-state index contributed by atoms with van der Waals surface area (Å²) in [6, 6.07) is 0. The number of ether oxygens (including phenoxy) is 1. The van der Waals surface area contributed by atoms with Gasteiger partial charge in [-0.2, -0.15) is 0 Å². The van der Waals surface area contributed by atoms with Crippen molar-refractivity contribution in [2.45, 2.75) is 110 Å². The summed E-state index contributed by atoms with van der Waals surface area (Å²) in [6.45, 7) is 2.76. The highest BCUT2D eigenvalue weighted by molar-refractivity contribution is 4.81. The van der Waals surface area contributed by atoms with Gasteiger partial charge in [-0.05, 0) is 18.9 Å². The summed E-state index contributed by atoms with van der Waals surface area (Å²) in [5.74, 6) is 0.0122. The van der Waals surface area contributed by atoms with Gasteiger partial charge in [0.2, 0.25) is 0 Å². The van der Waals surface area contributed by atoms with Gasteiger partial charge in [-0.3, -0.25) is 0 Å². The zero-order valence-corrected chi connectivity index (χ0v) is 16.1. The van der Waals surface area contributed by atoms with Crippen LogP contribution in [0, 0.1) is 0 Å². The maximum absolute atomic E-state index is 9.44. The Morgan fingerprint density at radius 3 is 1.62 bits per heavy atom. The first-order chi connectivity index (χ1) is 11.8. The van der Waals surface area contributed by atoms with Crippen LogP contribution in [-0.2, 0) is 4.74 Å². The molecule has 0 saturated heterocycles. The monoisotopic (exact) mass is 342 g/mol. The Balaban J connectivity index is 3.13. The molecule has 3 nitrogen and oxygen atoms in total. The van der Waals surface area contributed by atoms with Gasteiger partial charge in [0.1, 0.15) is 0 Å². The average molecular weight is 343 g/mol. The molecule has 0 atom stereocenters. The van der Waals surface area contributed by atoms with Gasteiger partial charge in [0, 0.05) is 13.0 Å². The van der Waals surface area contributed by atoms with Gasteiger partial charge in [-0.25, -0.2) is 0 Å². The van der Waals surface area contributed by atoms with Crippen molar-refractivity contribution in [3.63, 3.8) is 0 Å². The first-order valence-corrected chi connectivity index (χ1v) is 10.4. The van der Waals surface area contributed by atoms with Crippen LogP contribution in [0.25, 0.3) is 0 Å². The lowest BCUT2D eigenvalue weighted by Gasteiger charge is -2.04. The number of unbranched alkanes of at least 4 members (excludes halogenated alkanes) is 14. The molecular weight excluding hydrogens is 300 g/mol. The van der Waals surface area contributed by atoms with E-state index in [1.165, 1.54) is 83.5 Å². The minimum absolute atomic E-state index is 0.0122. The minimum Gasteiger partial charge on any atom is -0.481 e. The third-order valence-corrected chi connectivity index (χ3v) is 4.43. The van der Waals surface area contributed by atoms with Crippen molar-refractivity contribution in [1.29, 1.82) is 0 Å². The molecule has 3 heteroatoms. The fourth-order valence-corrected chi connectivity index (χ4v) is 2.86. The van der Waals surface area contributed by atoms with Gasteiger partial charge in [0.25, 0.3) is 5.95 Å². The molecule has 24 heavy (non-hydrogen) atoms. The fourth-order valence-electron chi connectivity index (χ4n) is 2.86. The highest BCUT2D eigenvalue weighted by atomic mass is 16.6. The second-order valence-electron chi connectivity index (χ2n) is 6.85. The predicted molar refractivity (Wildman–Crippen MR) is 103 cm³/mol. The van der Waals surface area contributed by atoms with E-state index < -0.39 is 0 Å². The molecule has 0 aliphatic rings. The fraction of sp³-hybridized carbons (Fsp3) is 0.905. The standard InChI is InChI=1S/C21H42O3/c1-2-3-4-5-6-7-8-9-10-11-12-13-14-15-16-18-21(23)24-20-17-19-22/h18,22-23H,2-17,19-20H2,1H3. The van der Waals surface area contributed by atoms with Gasteiger partial charge < -0.3 is 14.9 Å². The molecule has 0 spiro atoms. The molecule has 0 aromatic heterocycles. The highest BCUT2D eigenvalue weighted by Crippen LogP contribution is 2.13. The first kappa shape index (κ1) is 23.3.